The van der Waals surface area contributed by atoms with E-state index in [1.54, 1.807) is 0 Å². The zero-order valence-corrected chi connectivity index (χ0v) is 7.40. The Morgan fingerprint density at radius 2 is 2.21 bits per heavy atom. The van der Waals surface area contributed by atoms with Crippen LogP contribution >= 0.6 is 0 Å². The van der Waals surface area contributed by atoms with Crippen LogP contribution < -0.4 is 10.6 Å². The highest BCUT2D eigenvalue weighted by Crippen LogP contribution is 2.44. The minimum Gasteiger partial charge on any atom is -0.347 e. The summed E-state index contributed by atoms with van der Waals surface area (Å²) < 4.78 is 35.4. The van der Waals surface area contributed by atoms with Crippen molar-refractivity contribution in [1.29, 1.82) is 0 Å². The SMILES string of the molecule is O=C(NC[C@H]1NC[C@H]2CC21)C(F)(F)F. The molecule has 0 aromatic rings. The molecule has 14 heavy (non-hydrogen) atoms. The summed E-state index contributed by atoms with van der Waals surface area (Å²) in [7, 11) is 0. The molecule has 2 fully saturated rings. The maximum absolute atomic E-state index is 11.8. The van der Waals surface area contributed by atoms with Gasteiger partial charge in [0.25, 0.3) is 0 Å². The maximum Gasteiger partial charge on any atom is 0.471 e. The summed E-state index contributed by atoms with van der Waals surface area (Å²) in [4.78, 5) is 10.5. The first-order valence-electron chi connectivity index (χ1n) is 4.57. The van der Waals surface area contributed by atoms with E-state index in [0.29, 0.717) is 11.8 Å². The molecule has 3 atom stereocenters. The van der Waals surface area contributed by atoms with Crippen LogP contribution in [0.1, 0.15) is 6.42 Å². The van der Waals surface area contributed by atoms with Crippen LogP contribution in [-0.2, 0) is 4.79 Å². The minimum atomic E-state index is -4.76. The Morgan fingerprint density at radius 3 is 2.64 bits per heavy atom. The standard InChI is InChI=1S/C8H11F3N2O/c9-8(10,11)7(14)13-3-6-5-1-4(5)2-12-6/h4-6,12H,1-3H2,(H,13,14)/t4-,5?,6-/m1/s1. The van der Waals surface area contributed by atoms with Gasteiger partial charge in [-0.1, -0.05) is 0 Å². The lowest BCUT2D eigenvalue weighted by Crippen LogP contribution is -2.44. The molecule has 0 aromatic carbocycles. The van der Waals surface area contributed by atoms with Crippen molar-refractivity contribution in [1.82, 2.24) is 10.6 Å². The summed E-state index contributed by atoms with van der Waals surface area (Å²) in [5.41, 5.74) is 0. The summed E-state index contributed by atoms with van der Waals surface area (Å²) in [5, 5.41) is 4.98. The molecule has 0 radical (unpaired) electrons. The van der Waals surface area contributed by atoms with Crippen LogP contribution in [0.15, 0.2) is 0 Å². The molecule has 0 spiro atoms. The number of carbonyl (C=O) groups is 1. The minimum absolute atomic E-state index is 0.0336. The number of hydrogen-bond acceptors (Lipinski definition) is 2. The normalized spacial score (nSPS) is 35.2. The third kappa shape index (κ3) is 1.84. The quantitative estimate of drug-likeness (QED) is 0.684. The van der Waals surface area contributed by atoms with E-state index in [1.165, 1.54) is 0 Å². The molecular weight excluding hydrogens is 197 g/mol. The molecule has 1 saturated heterocycles. The van der Waals surface area contributed by atoms with E-state index in [2.05, 4.69) is 5.32 Å². The van der Waals surface area contributed by atoms with Gasteiger partial charge in [0.2, 0.25) is 0 Å². The summed E-state index contributed by atoms with van der Waals surface area (Å²) in [6, 6.07) is 0.0336. The Hall–Kier alpha value is -0.780. The van der Waals surface area contributed by atoms with Crippen LogP contribution in [-0.4, -0.2) is 31.2 Å². The van der Waals surface area contributed by atoms with Crippen molar-refractivity contribution in [2.24, 2.45) is 11.8 Å². The van der Waals surface area contributed by atoms with Crippen molar-refractivity contribution in [3.8, 4) is 0 Å². The zero-order valence-electron chi connectivity index (χ0n) is 7.40. The van der Waals surface area contributed by atoms with Gasteiger partial charge in [-0.2, -0.15) is 13.2 Å². The van der Waals surface area contributed by atoms with Crippen LogP contribution in [0.25, 0.3) is 0 Å². The second-order valence-electron chi connectivity index (χ2n) is 3.88. The second kappa shape index (κ2) is 3.12. The molecule has 3 nitrogen and oxygen atoms in total. The van der Waals surface area contributed by atoms with Crippen LogP contribution in [0.4, 0.5) is 13.2 Å². The van der Waals surface area contributed by atoms with Crippen LogP contribution in [0.5, 0.6) is 0 Å². The van der Waals surface area contributed by atoms with Gasteiger partial charge in [-0.25, -0.2) is 0 Å². The topological polar surface area (TPSA) is 41.1 Å². The molecule has 1 unspecified atom stereocenters. The first-order chi connectivity index (χ1) is 6.48. The van der Waals surface area contributed by atoms with E-state index in [0.717, 1.165) is 13.0 Å². The Labute approximate surface area is 79.0 Å². The molecule has 80 valence electrons. The third-order valence-electron chi connectivity index (χ3n) is 2.88. The number of carbonyl (C=O) groups excluding carboxylic acids is 1. The van der Waals surface area contributed by atoms with Gasteiger partial charge in [0.1, 0.15) is 0 Å². The molecule has 2 rings (SSSR count). The summed E-state index contributed by atoms with van der Waals surface area (Å²) >= 11 is 0. The largest absolute Gasteiger partial charge is 0.471 e. The number of nitrogens with one attached hydrogen (secondary N) is 2. The fraction of sp³-hybridized carbons (Fsp3) is 0.875. The maximum atomic E-state index is 11.8. The molecule has 0 bridgehead atoms. The Bertz CT molecular complexity index is 253. The molecule has 1 amide bonds. The van der Waals surface area contributed by atoms with E-state index < -0.39 is 12.1 Å². The smallest absolute Gasteiger partial charge is 0.347 e. The fourth-order valence-corrected chi connectivity index (χ4v) is 1.98. The van der Waals surface area contributed by atoms with Gasteiger partial charge >= 0.3 is 12.1 Å². The second-order valence-corrected chi connectivity index (χ2v) is 3.88. The lowest BCUT2D eigenvalue weighted by atomic mass is 10.2. The average Bonchev–Trinajstić information content (AvgIpc) is 2.75. The van der Waals surface area contributed by atoms with E-state index in [4.69, 9.17) is 0 Å². The summed E-state index contributed by atoms with van der Waals surface area (Å²) in [5.74, 6) is -0.741. The first kappa shape index (κ1) is 9.76. The predicted molar refractivity (Wildman–Crippen MR) is 42.5 cm³/mol. The number of fused-ring (bicyclic) bond motifs is 1. The van der Waals surface area contributed by atoms with Gasteiger partial charge in [-0.15, -0.1) is 0 Å². The number of hydrogen-bond donors (Lipinski definition) is 2. The van der Waals surface area contributed by atoms with Gasteiger partial charge in [0.05, 0.1) is 0 Å². The number of halogens is 3. The molecular formula is C8H11F3N2O. The third-order valence-corrected chi connectivity index (χ3v) is 2.88. The Kier molecular flexibility index (Phi) is 2.17. The molecule has 1 heterocycles. The molecule has 2 aliphatic rings. The van der Waals surface area contributed by atoms with Crippen molar-refractivity contribution in [3.63, 3.8) is 0 Å². The number of piperidine rings is 1. The molecule has 6 heteroatoms. The van der Waals surface area contributed by atoms with E-state index in [9.17, 15) is 18.0 Å². The number of rotatable bonds is 2. The van der Waals surface area contributed by atoms with Gasteiger partial charge in [0, 0.05) is 12.6 Å². The van der Waals surface area contributed by atoms with Gasteiger partial charge < -0.3 is 10.6 Å². The van der Waals surface area contributed by atoms with Crippen molar-refractivity contribution in [3.05, 3.63) is 0 Å². The van der Waals surface area contributed by atoms with Gasteiger partial charge in [0.15, 0.2) is 0 Å². The Balaban J connectivity index is 1.74. The number of amides is 1. The summed E-state index contributed by atoms with van der Waals surface area (Å²) in [6.45, 7) is 0.955. The van der Waals surface area contributed by atoms with E-state index in [1.807, 2.05) is 5.32 Å². The van der Waals surface area contributed by atoms with E-state index in [-0.39, 0.29) is 12.6 Å². The predicted octanol–water partition coefficient (Wildman–Crippen LogP) is 0.273. The molecule has 1 aliphatic heterocycles. The summed E-state index contributed by atoms with van der Waals surface area (Å²) in [6.07, 6.45) is -3.68. The molecule has 0 aromatic heterocycles. The monoisotopic (exact) mass is 208 g/mol. The first-order valence-corrected chi connectivity index (χ1v) is 4.57. The highest BCUT2D eigenvalue weighted by Gasteiger charge is 2.48. The lowest BCUT2D eigenvalue weighted by molar-refractivity contribution is -0.173. The van der Waals surface area contributed by atoms with Crippen molar-refractivity contribution >= 4 is 5.91 Å². The van der Waals surface area contributed by atoms with Gasteiger partial charge in [-0.3, -0.25) is 4.79 Å². The molecule has 1 aliphatic carbocycles. The number of alkyl halides is 3. The lowest BCUT2D eigenvalue weighted by Gasteiger charge is -2.14. The van der Waals surface area contributed by atoms with E-state index >= 15 is 0 Å². The van der Waals surface area contributed by atoms with Crippen LogP contribution in [0.3, 0.4) is 0 Å². The zero-order chi connectivity index (χ0) is 10.3. The Morgan fingerprint density at radius 1 is 1.50 bits per heavy atom. The molecule has 2 N–H and O–H groups in total. The highest BCUT2D eigenvalue weighted by molar-refractivity contribution is 5.81. The van der Waals surface area contributed by atoms with Gasteiger partial charge in [-0.05, 0) is 24.8 Å². The van der Waals surface area contributed by atoms with Crippen LogP contribution in [0, 0.1) is 11.8 Å². The van der Waals surface area contributed by atoms with Crippen molar-refractivity contribution in [2.45, 2.75) is 18.6 Å². The van der Waals surface area contributed by atoms with Crippen molar-refractivity contribution in [2.75, 3.05) is 13.1 Å². The molecule has 1 saturated carbocycles. The highest BCUT2D eigenvalue weighted by atomic mass is 19.4. The fourth-order valence-electron chi connectivity index (χ4n) is 1.98. The average molecular weight is 208 g/mol. The van der Waals surface area contributed by atoms with Crippen LogP contribution in [0.2, 0.25) is 0 Å². The van der Waals surface area contributed by atoms with Crippen molar-refractivity contribution < 1.29 is 18.0 Å².